The van der Waals surface area contributed by atoms with E-state index in [2.05, 4.69) is 4.76 Å². The highest BCUT2D eigenvalue weighted by atomic mass is 31.1. The minimum Gasteiger partial charge on any atom is -0.251 e. The van der Waals surface area contributed by atoms with Gasteiger partial charge in [0.05, 0.1) is 13.1 Å². The van der Waals surface area contributed by atoms with E-state index < -0.39 is 7.70 Å². The second-order valence-electron chi connectivity index (χ2n) is 2.30. The van der Waals surface area contributed by atoms with Crippen molar-refractivity contribution in [3.05, 3.63) is 34.8 Å². The molecule has 2 nitrogen and oxygen atoms in total. The molecule has 1 heterocycles. The molecule has 0 bridgehead atoms. The summed E-state index contributed by atoms with van der Waals surface area (Å²) in [6.07, 6.45) is 0. The van der Waals surface area contributed by atoms with Gasteiger partial charge in [0.25, 0.3) is 0 Å². The van der Waals surface area contributed by atoms with Crippen LogP contribution in [0.25, 0.3) is 5.82 Å². The lowest BCUT2D eigenvalue weighted by Crippen LogP contribution is -2.19. The van der Waals surface area contributed by atoms with Crippen LogP contribution in [0.5, 0.6) is 0 Å². The van der Waals surface area contributed by atoms with Crippen molar-refractivity contribution in [1.82, 2.24) is 0 Å². The Bertz CT molecular complexity index is 420. The molecule has 0 fully saturated rings. The van der Waals surface area contributed by atoms with Gasteiger partial charge in [0.1, 0.15) is 5.66 Å². The Morgan fingerprint density at radius 3 is 2.91 bits per heavy atom. The van der Waals surface area contributed by atoms with E-state index in [1.807, 2.05) is 35.7 Å². The van der Waals surface area contributed by atoms with E-state index in [9.17, 15) is 4.79 Å². The third kappa shape index (κ3) is 1.07. The molecule has 1 aliphatic heterocycles. The summed E-state index contributed by atoms with van der Waals surface area (Å²) >= 11 is 0. The van der Waals surface area contributed by atoms with Crippen molar-refractivity contribution in [2.45, 2.75) is 0 Å². The topological polar surface area (TPSA) is 29.4 Å². The molecular weight excluding hydrogens is 157 g/mol. The van der Waals surface area contributed by atoms with Crippen molar-refractivity contribution in [3.63, 3.8) is 0 Å². The Balaban J connectivity index is 2.91. The lowest BCUT2D eigenvalue weighted by Gasteiger charge is -1.77. The average Bonchev–Trinajstić information content (AvgIpc) is 2.46. The third-order valence-corrected chi connectivity index (χ3v) is 2.85. The highest BCUT2D eigenvalue weighted by Crippen LogP contribution is 2.24. The Morgan fingerprint density at radius 1 is 1.36 bits per heavy atom. The van der Waals surface area contributed by atoms with Crippen molar-refractivity contribution >= 4 is 19.2 Å². The van der Waals surface area contributed by atoms with E-state index in [-0.39, 0.29) is 0 Å². The number of hydrogen-bond acceptors (Lipinski definition) is 2. The number of fused-ring (bicyclic) bond motifs is 1. The fourth-order valence-electron chi connectivity index (χ4n) is 1.07. The van der Waals surface area contributed by atoms with E-state index in [1.54, 1.807) is 0 Å². The second kappa shape index (κ2) is 2.50. The molecule has 0 saturated heterocycles. The molecule has 1 atom stereocenters. The second-order valence-corrected chi connectivity index (χ2v) is 3.79. The van der Waals surface area contributed by atoms with Crippen molar-refractivity contribution in [3.8, 4) is 0 Å². The van der Waals surface area contributed by atoms with Gasteiger partial charge in [-0.05, 0) is 11.9 Å². The van der Waals surface area contributed by atoms with Gasteiger partial charge in [-0.3, -0.25) is 4.76 Å². The van der Waals surface area contributed by atoms with E-state index in [0.717, 1.165) is 10.6 Å². The van der Waals surface area contributed by atoms with Gasteiger partial charge in [0.2, 0.25) is 0 Å². The maximum absolute atomic E-state index is 10.3. The summed E-state index contributed by atoms with van der Waals surface area (Å²) in [6, 6.07) is 7.75. The van der Waals surface area contributed by atoms with Crippen molar-refractivity contribution in [2.75, 3.05) is 0 Å². The zero-order valence-corrected chi connectivity index (χ0v) is 6.74. The zero-order valence-electron chi connectivity index (χ0n) is 5.74. The first-order valence-corrected chi connectivity index (χ1v) is 4.83. The van der Waals surface area contributed by atoms with E-state index >= 15 is 0 Å². The molecule has 1 unspecified atom stereocenters. The van der Waals surface area contributed by atoms with E-state index in [1.165, 1.54) is 0 Å². The molecule has 0 N–H and O–H groups in total. The van der Waals surface area contributed by atoms with E-state index in [0.29, 0.717) is 0 Å². The van der Waals surface area contributed by atoms with Crippen LogP contribution in [-0.4, -0.2) is 5.66 Å². The van der Waals surface area contributed by atoms with Gasteiger partial charge in [0.15, 0.2) is 0 Å². The highest BCUT2D eigenvalue weighted by Gasteiger charge is 1.96. The van der Waals surface area contributed by atoms with Crippen LogP contribution in [0.2, 0.25) is 0 Å². The molecule has 0 aliphatic carbocycles. The van der Waals surface area contributed by atoms with E-state index in [4.69, 9.17) is 0 Å². The molecule has 0 saturated carbocycles. The van der Waals surface area contributed by atoms with Crippen LogP contribution in [0.15, 0.2) is 29.0 Å². The smallest absolute Gasteiger partial charge is 0.138 e. The molecule has 0 amide bonds. The Hall–Kier alpha value is -1.10. The standard InChI is InChI=1S/C8H6NOP/c10-6-11-5-7-3-1-2-4-8(7)9-11/h1-5,11H. The third-order valence-electron chi connectivity index (χ3n) is 1.57. The fraction of sp³-hybridized carbons (Fsp3) is 0. The summed E-state index contributed by atoms with van der Waals surface area (Å²) < 4.78 is 4.19. The van der Waals surface area contributed by atoms with Gasteiger partial charge >= 0.3 is 0 Å². The van der Waals surface area contributed by atoms with Gasteiger partial charge < -0.3 is 0 Å². The molecule has 11 heavy (non-hydrogen) atoms. The maximum atomic E-state index is 10.3. The largest absolute Gasteiger partial charge is 0.251 e. The van der Waals surface area contributed by atoms with Crippen LogP contribution in [0.1, 0.15) is 0 Å². The summed E-state index contributed by atoms with van der Waals surface area (Å²) in [5.41, 5.74) is 1.94. The summed E-state index contributed by atoms with van der Waals surface area (Å²) in [7, 11) is -1.31. The number of benzene rings is 1. The predicted molar refractivity (Wildman–Crippen MR) is 45.7 cm³/mol. The molecule has 0 spiro atoms. The van der Waals surface area contributed by atoms with Gasteiger partial charge in [-0.15, -0.1) is 0 Å². The normalized spacial score (nSPS) is 19.5. The highest BCUT2D eigenvalue weighted by molar-refractivity contribution is 7.63. The maximum Gasteiger partial charge on any atom is 0.138 e. The van der Waals surface area contributed by atoms with Gasteiger partial charge in [0, 0.05) is 5.22 Å². The average molecular weight is 163 g/mol. The number of para-hydroxylation sites is 1. The summed E-state index contributed by atoms with van der Waals surface area (Å²) in [5, 5.41) is 2.01. The monoisotopic (exact) mass is 163 g/mol. The number of rotatable bonds is 0. The van der Waals surface area contributed by atoms with Gasteiger partial charge in [-0.25, -0.2) is 4.79 Å². The van der Waals surface area contributed by atoms with Crippen LogP contribution >= 0.6 is 7.70 Å². The molecule has 0 aromatic heterocycles. The first kappa shape index (κ1) is 6.60. The summed E-state index contributed by atoms with van der Waals surface area (Å²) in [4.78, 5) is 10.3. The van der Waals surface area contributed by atoms with Crippen LogP contribution in [0, 0.1) is 0 Å². The molecule has 54 valence electrons. The van der Waals surface area contributed by atoms with Gasteiger partial charge in [-0.2, -0.15) is 0 Å². The summed E-state index contributed by atoms with van der Waals surface area (Å²) in [5.74, 6) is 1.91. The van der Waals surface area contributed by atoms with Crippen LogP contribution in [-0.2, 0) is 4.79 Å². The fourth-order valence-corrected chi connectivity index (χ4v) is 2.24. The quantitative estimate of drug-likeness (QED) is 0.504. The molecule has 1 aromatic carbocycles. The molecular formula is C8H6NOP. The minimum atomic E-state index is -1.31. The molecule has 0 radical (unpaired) electrons. The Labute approximate surface area is 64.3 Å². The molecule has 1 aliphatic rings. The zero-order chi connectivity index (χ0) is 7.68. The lowest BCUT2D eigenvalue weighted by molar-refractivity contribution is 0.571. The van der Waals surface area contributed by atoms with Gasteiger partial charge in [-0.1, -0.05) is 18.2 Å². The van der Waals surface area contributed by atoms with Crippen molar-refractivity contribution < 1.29 is 4.79 Å². The first-order chi connectivity index (χ1) is 5.40. The molecule has 3 heteroatoms. The van der Waals surface area contributed by atoms with Crippen molar-refractivity contribution in [2.24, 2.45) is 4.76 Å². The molecule has 2 rings (SSSR count). The van der Waals surface area contributed by atoms with Crippen molar-refractivity contribution in [1.29, 1.82) is 0 Å². The minimum absolute atomic E-state index is 0.935. The first-order valence-electron chi connectivity index (χ1n) is 3.31. The predicted octanol–water partition coefficient (Wildman–Crippen LogP) is 0.254. The Morgan fingerprint density at radius 2 is 2.18 bits per heavy atom. The summed E-state index contributed by atoms with van der Waals surface area (Å²) in [6.45, 7) is 0. The molecule has 1 aromatic rings. The SMILES string of the molecule is O=C=[PH]1C=c2ccccc2=N1. The number of nitrogens with zero attached hydrogens (tertiary/aromatic N) is 1. The van der Waals surface area contributed by atoms with Crippen LogP contribution in [0.3, 0.4) is 0 Å². The Kier molecular flexibility index (Phi) is 1.50. The number of carbonyl (C=O) groups excluding carboxylic acids is 1. The number of hydrogen-bond donors (Lipinski definition) is 0. The van der Waals surface area contributed by atoms with Crippen LogP contribution in [0.4, 0.5) is 0 Å². The lowest BCUT2D eigenvalue weighted by atomic mass is 10.3. The van der Waals surface area contributed by atoms with Crippen LogP contribution < -0.4 is 10.6 Å².